The van der Waals surface area contributed by atoms with Crippen LogP contribution in [0.25, 0.3) is 0 Å². The highest BCUT2D eigenvalue weighted by molar-refractivity contribution is 5.79. The fraction of sp³-hybridized carbons (Fsp3) is 0.917. The number of carbonyl (C=O) groups excluding carboxylic acids is 1. The highest BCUT2D eigenvalue weighted by Crippen LogP contribution is 2.76. The van der Waals surface area contributed by atoms with E-state index in [0.29, 0.717) is 38.5 Å². The lowest BCUT2D eigenvalue weighted by Crippen LogP contribution is -2.67. The Morgan fingerprint density at radius 3 is 2.00 bits per heavy atom. The number of rotatable bonds is 9. The van der Waals surface area contributed by atoms with E-state index in [2.05, 4.69) is 40.7 Å². The maximum atomic E-state index is 15.0. The first kappa shape index (κ1) is 51.4. The minimum Gasteiger partial charge on any atom is -0.481 e. The number of hydrogen-bond acceptors (Lipinski definition) is 18. The minimum absolute atomic E-state index is 0.0541. The summed E-state index contributed by atoms with van der Waals surface area (Å²) in [6.45, 7) is 13.0. The van der Waals surface area contributed by atoms with Crippen LogP contribution < -0.4 is 0 Å². The van der Waals surface area contributed by atoms with Crippen molar-refractivity contribution in [3.05, 3.63) is 11.6 Å². The Balaban J connectivity index is 0.983. The van der Waals surface area contributed by atoms with Crippen molar-refractivity contribution in [3.63, 3.8) is 0 Å². The zero-order valence-corrected chi connectivity index (χ0v) is 39.7. The van der Waals surface area contributed by atoms with Gasteiger partial charge in [0.15, 0.2) is 12.6 Å². The average molecular weight is 957 g/mol. The number of carboxylic acid groups (broad SMARTS) is 1. The molecule has 0 aromatic carbocycles. The van der Waals surface area contributed by atoms with Crippen molar-refractivity contribution < 1.29 is 94.2 Å². The van der Waals surface area contributed by atoms with Crippen molar-refractivity contribution in [2.24, 2.45) is 56.7 Å². The second-order valence-corrected chi connectivity index (χ2v) is 22.7. The van der Waals surface area contributed by atoms with Crippen molar-refractivity contribution in [2.75, 3.05) is 13.2 Å². The summed E-state index contributed by atoms with van der Waals surface area (Å²) in [4.78, 5) is 27.9. The molecule has 19 nitrogen and oxygen atoms in total. The maximum absolute atomic E-state index is 15.0. The summed E-state index contributed by atoms with van der Waals surface area (Å²) in [7, 11) is 0. The van der Waals surface area contributed by atoms with Gasteiger partial charge in [0, 0.05) is 0 Å². The van der Waals surface area contributed by atoms with E-state index in [1.807, 2.05) is 0 Å². The van der Waals surface area contributed by atoms with E-state index < -0.39 is 134 Å². The second-order valence-electron chi connectivity index (χ2n) is 22.7. The topological polar surface area (TPSA) is 312 Å². The van der Waals surface area contributed by atoms with Crippen LogP contribution in [0.3, 0.4) is 0 Å². The molecule has 5 aliphatic carbocycles. The number of esters is 1. The number of aliphatic hydroxyl groups excluding tert-OH is 10. The van der Waals surface area contributed by atoms with Crippen molar-refractivity contribution in [2.45, 2.75) is 204 Å². The molecular weight excluding hydrogens is 881 g/mol. The molecule has 8 aliphatic rings. The molecule has 4 saturated carbocycles. The molecule has 3 heterocycles. The Bertz CT molecular complexity index is 1870. The standard InChI is InChI=1S/C48H76O19/c1-20-10-15-48(17-16-45(5)23(29(48)21(20)2)8-9-26-44(4)13-12-28(50)47(7,42(59)60)27(44)11-14-46(26,45)6)43(61)67-41-36(57)33(54)31(52)25(65-41)19-62-39-37(58)34(55)38(24(18-49)64-39)66-40-35(56)32(53)30(51)22(3)63-40/h8,20-22,24-41,49-58H,9-19H2,1-7H3,(H,59,60)/t20-,21+,22+,24?,25?,26?,27?,28-,29?,30+,31?,32-,33?,34?,35-,36?,37?,38?,39?,40+,41?,44-,45-,46-,47-,48+/m1/s1. The largest absolute Gasteiger partial charge is 0.481 e. The van der Waals surface area contributed by atoms with Gasteiger partial charge in [-0.15, -0.1) is 0 Å². The lowest BCUT2D eigenvalue weighted by molar-refractivity contribution is -0.361. The van der Waals surface area contributed by atoms with E-state index in [1.54, 1.807) is 6.92 Å². The summed E-state index contributed by atoms with van der Waals surface area (Å²) in [5, 5.41) is 118. The van der Waals surface area contributed by atoms with Gasteiger partial charge in [0.1, 0.15) is 67.1 Å². The fourth-order valence-electron chi connectivity index (χ4n) is 15.0. The molecule has 0 amide bonds. The molecule has 0 spiro atoms. The summed E-state index contributed by atoms with van der Waals surface area (Å²) in [5.41, 5.74) is -2.01. The van der Waals surface area contributed by atoms with Crippen LogP contribution in [0.1, 0.15) is 106 Å². The van der Waals surface area contributed by atoms with E-state index >= 15 is 0 Å². The quantitative estimate of drug-likeness (QED) is 0.108. The van der Waals surface area contributed by atoms with Crippen LogP contribution in [0.4, 0.5) is 0 Å². The summed E-state index contributed by atoms with van der Waals surface area (Å²) in [5.74, 6) is -1.55. The molecule has 3 aliphatic heterocycles. The normalized spacial score (nSPS) is 55.5. The number of aliphatic hydroxyl groups is 10. The van der Waals surface area contributed by atoms with Gasteiger partial charge in [-0.3, -0.25) is 9.59 Å². The third kappa shape index (κ3) is 7.79. The van der Waals surface area contributed by atoms with Gasteiger partial charge < -0.3 is 84.6 Å². The van der Waals surface area contributed by atoms with E-state index in [1.165, 1.54) is 12.5 Å². The predicted octanol–water partition coefficient (Wildman–Crippen LogP) is 0.0887. The predicted molar refractivity (Wildman–Crippen MR) is 231 cm³/mol. The summed E-state index contributed by atoms with van der Waals surface area (Å²) in [6.07, 6.45) is -17.3. The first-order valence-electron chi connectivity index (χ1n) is 24.5. The van der Waals surface area contributed by atoms with E-state index in [9.17, 15) is 65.8 Å². The van der Waals surface area contributed by atoms with E-state index in [-0.39, 0.29) is 45.8 Å². The van der Waals surface area contributed by atoms with Gasteiger partial charge in [-0.1, -0.05) is 46.3 Å². The summed E-state index contributed by atoms with van der Waals surface area (Å²) >= 11 is 0. The third-order valence-electron chi connectivity index (χ3n) is 19.7. The van der Waals surface area contributed by atoms with Crippen LogP contribution in [0.15, 0.2) is 11.6 Å². The highest BCUT2D eigenvalue weighted by atomic mass is 16.8. The van der Waals surface area contributed by atoms with Crippen molar-refractivity contribution in [3.8, 4) is 0 Å². The van der Waals surface area contributed by atoms with Crippen LogP contribution >= 0.6 is 0 Å². The number of ether oxygens (including phenoxy) is 6. The fourth-order valence-corrected chi connectivity index (χ4v) is 15.0. The molecule has 3 saturated heterocycles. The average Bonchev–Trinajstić information content (AvgIpc) is 3.29. The summed E-state index contributed by atoms with van der Waals surface area (Å²) < 4.78 is 34.7. The van der Waals surface area contributed by atoms with Gasteiger partial charge in [-0.25, -0.2) is 0 Å². The zero-order valence-electron chi connectivity index (χ0n) is 39.7. The summed E-state index contributed by atoms with van der Waals surface area (Å²) in [6, 6.07) is 0. The first-order chi connectivity index (χ1) is 31.3. The molecular formula is C48H76O19. The molecule has 0 radical (unpaired) electrons. The number of aliphatic carboxylic acids is 1. The Kier molecular flexibility index (Phi) is 14.0. The molecule has 8 rings (SSSR count). The van der Waals surface area contributed by atoms with Gasteiger partial charge in [-0.2, -0.15) is 0 Å². The molecule has 67 heavy (non-hydrogen) atoms. The smallest absolute Gasteiger partial charge is 0.315 e. The molecule has 382 valence electrons. The number of carbonyl (C=O) groups is 2. The van der Waals surface area contributed by atoms with E-state index in [0.717, 1.165) is 19.3 Å². The van der Waals surface area contributed by atoms with Crippen LogP contribution in [-0.2, 0) is 38.0 Å². The number of carboxylic acids is 1. The molecule has 7 fully saturated rings. The molecule has 26 atom stereocenters. The monoisotopic (exact) mass is 956 g/mol. The van der Waals surface area contributed by atoms with Crippen LogP contribution in [0, 0.1) is 56.7 Å². The number of fused-ring (bicyclic) bond motifs is 7. The Labute approximate surface area is 391 Å². The van der Waals surface area contributed by atoms with Gasteiger partial charge in [-0.05, 0) is 117 Å². The lowest BCUT2D eigenvalue weighted by Gasteiger charge is -2.71. The molecule has 0 bridgehead atoms. The van der Waals surface area contributed by atoms with Crippen molar-refractivity contribution >= 4 is 11.9 Å². The van der Waals surface area contributed by atoms with Crippen LogP contribution in [-0.4, -0.2) is 180 Å². The Morgan fingerprint density at radius 1 is 0.687 bits per heavy atom. The number of hydrogen-bond donors (Lipinski definition) is 11. The Morgan fingerprint density at radius 2 is 1.33 bits per heavy atom. The second kappa shape index (κ2) is 18.3. The van der Waals surface area contributed by atoms with Gasteiger partial charge in [0.05, 0.1) is 36.3 Å². The lowest BCUT2D eigenvalue weighted by atomic mass is 9.33. The van der Waals surface area contributed by atoms with Gasteiger partial charge >= 0.3 is 11.9 Å². The first-order valence-corrected chi connectivity index (χ1v) is 24.5. The zero-order chi connectivity index (χ0) is 49.1. The van der Waals surface area contributed by atoms with Gasteiger partial charge in [0.2, 0.25) is 6.29 Å². The van der Waals surface area contributed by atoms with E-state index in [4.69, 9.17) is 28.4 Å². The minimum atomic E-state index is -1.87. The molecule has 19 heteroatoms. The van der Waals surface area contributed by atoms with Crippen LogP contribution in [0.2, 0.25) is 0 Å². The van der Waals surface area contributed by atoms with Gasteiger partial charge in [0.25, 0.3) is 0 Å². The molecule has 0 aromatic rings. The molecule has 0 aromatic heterocycles. The van der Waals surface area contributed by atoms with Crippen molar-refractivity contribution in [1.29, 1.82) is 0 Å². The molecule has 11 N–H and O–H groups in total. The van der Waals surface area contributed by atoms with Crippen molar-refractivity contribution in [1.82, 2.24) is 0 Å². The third-order valence-corrected chi connectivity index (χ3v) is 19.7. The SMILES string of the molecule is C[C@@H]1CC[C@]2(C(=O)OC3OC(COC4OC(CO)C(O[C@@H]5O[C@@H](C)[C@H](O)[C@@H](O)[C@H]5O)C(O)C4O)C(O)C(O)C3O)CC[C@]3(C)C(=CCC4[C@@]5(C)CC[C@@H](O)[C@](C)(C(=O)O)C5CC[C@]43C)C2[C@H]1C. The maximum Gasteiger partial charge on any atom is 0.315 e. The Hall–Kier alpha value is -1.92. The number of allylic oxidation sites excluding steroid dienone is 2. The van der Waals surface area contributed by atoms with Crippen LogP contribution in [0.5, 0.6) is 0 Å². The highest BCUT2D eigenvalue weighted by Gasteiger charge is 2.71. The molecule has 13 unspecified atom stereocenters.